The van der Waals surface area contributed by atoms with Crippen molar-refractivity contribution in [2.45, 2.75) is 13.3 Å². The van der Waals surface area contributed by atoms with E-state index < -0.39 is 0 Å². The van der Waals surface area contributed by atoms with Gasteiger partial charge in [0.05, 0.1) is 12.7 Å². The quantitative estimate of drug-likeness (QED) is 0.431. The number of amides is 1. The van der Waals surface area contributed by atoms with E-state index in [0.29, 0.717) is 11.4 Å². The minimum absolute atomic E-state index is 0.182. The van der Waals surface area contributed by atoms with Gasteiger partial charge in [0.25, 0.3) is 5.91 Å². The second-order valence-corrected chi connectivity index (χ2v) is 6.92. The van der Waals surface area contributed by atoms with E-state index in [1.807, 2.05) is 72.8 Å². The lowest BCUT2D eigenvalue weighted by molar-refractivity contribution is 0.102. The number of aromatic nitrogens is 1. The maximum Gasteiger partial charge on any atom is 0.257 e. The van der Waals surface area contributed by atoms with Crippen LogP contribution in [0.2, 0.25) is 0 Å². The number of hydrogen-bond acceptors (Lipinski definition) is 4. The molecule has 0 spiro atoms. The van der Waals surface area contributed by atoms with Gasteiger partial charge in [-0.3, -0.25) is 4.79 Å². The summed E-state index contributed by atoms with van der Waals surface area (Å²) >= 11 is 0. The van der Waals surface area contributed by atoms with Crippen LogP contribution in [-0.4, -0.2) is 18.0 Å². The molecule has 1 heterocycles. The van der Waals surface area contributed by atoms with Gasteiger partial charge >= 0.3 is 0 Å². The van der Waals surface area contributed by atoms with Crippen LogP contribution in [0, 0.1) is 0 Å². The number of hydrogen-bond donors (Lipinski definition) is 2. The number of ether oxygens (including phenoxy) is 1. The van der Waals surface area contributed by atoms with Crippen LogP contribution < -0.4 is 15.4 Å². The second kappa shape index (κ2) is 8.66. The molecule has 0 fully saturated rings. The molecule has 30 heavy (non-hydrogen) atoms. The van der Waals surface area contributed by atoms with Crippen LogP contribution in [-0.2, 0) is 6.42 Å². The smallest absolute Gasteiger partial charge is 0.257 e. The number of fused-ring (bicyclic) bond motifs is 1. The average molecular weight is 397 g/mol. The van der Waals surface area contributed by atoms with Gasteiger partial charge in [0, 0.05) is 23.0 Å². The number of rotatable bonds is 6. The molecule has 0 aliphatic heterocycles. The highest BCUT2D eigenvalue weighted by atomic mass is 16.5. The van der Waals surface area contributed by atoms with Gasteiger partial charge in [0.15, 0.2) is 0 Å². The van der Waals surface area contributed by atoms with Crippen molar-refractivity contribution in [3.8, 4) is 5.75 Å². The number of aryl methyl sites for hydroxylation is 1. The van der Waals surface area contributed by atoms with E-state index in [1.165, 1.54) is 5.56 Å². The monoisotopic (exact) mass is 397 g/mol. The van der Waals surface area contributed by atoms with Gasteiger partial charge < -0.3 is 15.4 Å². The van der Waals surface area contributed by atoms with E-state index in [4.69, 9.17) is 4.74 Å². The van der Waals surface area contributed by atoms with E-state index >= 15 is 0 Å². The predicted molar refractivity (Wildman–Crippen MR) is 122 cm³/mol. The summed E-state index contributed by atoms with van der Waals surface area (Å²) in [6.07, 6.45) is 2.58. The largest absolute Gasteiger partial charge is 0.497 e. The molecule has 0 aliphatic rings. The highest BCUT2D eigenvalue weighted by Gasteiger charge is 2.14. The maximum atomic E-state index is 12.9. The van der Waals surface area contributed by atoms with Crippen LogP contribution in [0.1, 0.15) is 22.8 Å². The number of anilines is 3. The minimum Gasteiger partial charge on any atom is -0.497 e. The van der Waals surface area contributed by atoms with Gasteiger partial charge in [-0.25, -0.2) is 4.98 Å². The van der Waals surface area contributed by atoms with Crippen molar-refractivity contribution in [2.75, 3.05) is 17.7 Å². The highest BCUT2D eigenvalue weighted by Crippen LogP contribution is 2.28. The van der Waals surface area contributed by atoms with Crippen molar-refractivity contribution in [2.24, 2.45) is 0 Å². The molecule has 4 aromatic rings. The molecular formula is C25H23N3O2. The Balaban J connectivity index is 1.63. The number of carbonyl (C=O) groups is 1. The lowest BCUT2D eigenvalue weighted by atomic mass is 10.1. The molecule has 0 saturated heterocycles. The number of benzene rings is 3. The molecule has 0 atom stereocenters. The zero-order valence-corrected chi connectivity index (χ0v) is 17.0. The summed E-state index contributed by atoms with van der Waals surface area (Å²) in [6.45, 7) is 2.10. The number of pyridine rings is 1. The zero-order chi connectivity index (χ0) is 20.9. The summed E-state index contributed by atoms with van der Waals surface area (Å²) in [5.41, 5.74) is 3.42. The Bertz CT molecular complexity index is 1170. The standard InChI is InChI=1S/C25H23N3O2/c1-3-17-8-10-19(11-9-17)28-25(29)23-16-26-24(22-7-5-4-6-21(22)23)27-18-12-14-20(30-2)15-13-18/h4-16H,3H2,1-2H3,(H,26,27)(H,28,29). The lowest BCUT2D eigenvalue weighted by Gasteiger charge is -2.13. The molecule has 0 aliphatic carbocycles. The third kappa shape index (κ3) is 4.10. The third-order valence-electron chi connectivity index (χ3n) is 5.01. The van der Waals surface area contributed by atoms with Crippen molar-refractivity contribution >= 4 is 33.9 Å². The SMILES string of the molecule is CCc1ccc(NC(=O)c2cnc(Nc3ccc(OC)cc3)c3ccccc23)cc1. The summed E-state index contributed by atoms with van der Waals surface area (Å²) < 4.78 is 5.21. The summed E-state index contributed by atoms with van der Waals surface area (Å²) in [5, 5.41) is 8.01. The predicted octanol–water partition coefficient (Wildman–Crippen LogP) is 5.80. The van der Waals surface area contributed by atoms with Crippen LogP contribution in [0.5, 0.6) is 5.75 Å². The molecule has 150 valence electrons. The van der Waals surface area contributed by atoms with Crippen LogP contribution in [0.25, 0.3) is 10.8 Å². The van der Waals surface area contributed by atoms with Gasteiger partial charge in [-0.05, 0) is 53.8 Å². The molecule has 0 saturated carbocycles. The Morgan fingerprint density at radius 3 is 2.23 bits per heavy atom. The fourth-order valence-corrected chi connectivity index (χ4v) is 3.31. The van der Waals surface area contributed by atoms with E-state index in [2.05, 4.69) is 22.5 Å². The van der Waals surface area contributed by atoms with E-state index in [1.54, 1.807) is 13.3 Å². The number of carbonyl (C=O) groups excluding carboxylic acids is 1. The first-order valence-corrected chi connectivity index (χ1v) is 9.87. The van der Waals surface area contributed by atoms with Crippen molar-refractivity contribution in [3.05, 3.63) is 90.1 Å². The Morgan fingerprint density at radius 2 is 1.57 bits per heavy atom. The van der Waals surface area contributed by atoms with Crippen LogP contribution in [0.4, 0.5) is 17.2 Å². The fourth-order valence-electron chi connectivity index (χ4n) is 3.31. The molecule has 5 heteroatoms. The third-order valence-corrected chi connectivity index (χ3v) is 5.01. The summed E-state index contributed by atoms with van der Waals surface area (Å²) in [5.74, 6) is 1.30. The normalized spacial score (nSPS) is 10.6. The Kier molecular flexibility index (Phi) is 5.61. The van der Waals surface area contributed by atoms with Gasteiger partial charge in [-0.15, -0.1) is 0 Å². The average Bonchev–Trinajstić information content (AvgIpc) is 2.80. The Morgan fingerprint density at radius 1 is 0.900 bits per heavy atom. The van der Waals surface area contributed by atoms with Crippen LogP contribution in [0.3, 0.4) is 0 Å². The summed E-state index contributed by atoms with van der Waals surface area (Å²) in [7, 11) is 1.64. The lowest BCUT2D eigenvalue weighted by Crippen LogP contribution is -2.13. The van der Waals surface area contributed by atoms with Gasteiger partial charge in [0.1, 0.15) is 11.6 Å². The molecule has 1 amide bonds. The number of methoxy groups -OCH3 is 1. The first kappa shape index (κ1) is 19.5. The molecule has 1 aromatic heterocycles. The Labute approximate surface area is 175 Å². The van der Waals surface area contributed by atoms with Crippen LogP contribution in [0.15, 0.2) is 79.0 Å². The van der Waals surface area contributed by atoms with Crippen molar-refractivity contribution in [1.29, 1.82) is 0 Å². The second-order valence-electron chi connectivity index (χ2n) is 6.92. The molecule has 0 unspecified atom stereocenters. The van der Waals surface area contributed by atoms with Crippen LogP contribution >= 0.6 is 0 Å². The van der Waals surface area contributed by atoms with Crippen molar-refractivity contribution in [3.63, 3.8) is 0 Å². The topological polar surface area (TPSA) is 63.2 Å². The first-order chi connectivity index (χ1) is 14.7. The zero-order valence-electron chi connectivity index (χ0n) is 17.0. The molecular weight excluding hydrogens is 374 g/mol. The molecule has 5 nitrogen and oxygen atoms in total. The Hall–Kier alpha value is -3.86. The maximum absolute atomic E-state index is 12.9. The number of nitrogens with one attached hydrogen (secondary N) is 2. The first-order valence-electron chi connectivity index (χ1n) is 9.87. The van der Waals surface area contributed by atoms with E-state index in [0.717, 1.165) is 34.3 Å². The summed E-state index contributed by atoms with van der Waals surface area (Å²) in [4.78, 5) is 17.5. The van der Waals surface area contributed by atoms with Crippen molar-refractivity contribution in [1.82, 2.24) is 4.98 Å². The molecule has 4 rings (SSSR count). The highest BCUT2D eigenvalue weighted by molar-refractivity contribution is 6.14. The molecule has 3 aromatic carbocycles. The molecule has 0 bridgehead atoms. The number of nitrogens with zero attached hydrogens (tertiary/aromatic N) is 1. The molecule has 0 radical (unpaired) electrons. The fraction of sp³-hybridized carbons (Fsp3) is 0.120. The van der Waals surface area contributed by atoms with E-state index in [-0.39, 0.29) is 5.91 Å². The van der Waals surface area contributed by atoms with Gasteiger partial charge in [-0.2, -0.15) is 0 Å². The summed E-state index contributed by atoms with van der Waals surface area (Å²) in [6, 6.07) is 23.3. The minimum atomic E-state index is -0.182. The van der Waals surface area contributed by atoms with Crippen molar-refractivity contribution < 1.29 is 9.53 Å². The van der Waals surface area contributed by atoms with Gasteiger partial charge in [-0.1, -0.05) is 43.3 Å². The molecule has 2 N–H and O–H groups in total. The van der Waals surface area contributed by atoms with Gasteiger partial charge in [0.2, 0.25) is 0 Å². The van der Waals surface area contributed by atoms with E-state index in [9.17, 15) is 4.79 Å².